The van der Waals surface area contributed by atoms with E-state index in [2.05, 4.69) is 52.4 Å². The van der Waals surface area contributed by atoms with Crippen molar-refractivity contribution in [3.8, 4) is 0 Å². The van der Waals surface area contributed by atoms with Crippen LogP contribution in [0.3, 0.4) is 0 Å². The van der Waals surface area contributed by atoms with E-state index in [4.69, 9.17) is 4.74 Å². The molecule has 1 atom stereocenters. The average molecular weight is 326 g/mol. The summed E-state index contributed by atoms with van der Waals surface area (Å²) in [5.41, 5.74) is 1.47. The van der Waals surface area contributed by atoms with Crippen LogP contribution in [-0.2, 0) is 4.74 Å². The minimum atomic E-state index is 0.110. The van der Waals surface area contributed by atoms with E-state index in [0.29, 0.717) is 6.04 Å². The van der Waals surface area contributed by atoms with Gasteiger partial charge < -0.3 is 10.1 Å². The predicted octanol–water partition coefficient (Wildman–Crippen LogP) is 4.45. The van der Waals surface area contributed by atoms with Crippen molar-refractivity contribution in [3.05, 3.63) is 34.3 Å². The van der Waals surface area contributed by atoms with Gasteiger partial charge in [-0.15, -0.1) is 0 Å². The monoisotopic (exact) mass is 325 g/mol. The molecule has 0 bridgehead atoms. The van der Waals surface area contributed by atoms with Crippen molar-refractivity contribution >= 4 is 15.9 Å². The number of ether oxygens (including phenoxy) is 1. The molecule has 1 aromatic rings. The molecular weight excluding hydrogens is 302 g/mol. The fourth-order valence-electron chi connectivity index (χ4n) is 2.76. The van der Waals surface area contributed by atoms with Crippen molar-refractivity contribution in [3.63, 3.8) is 0 Å². The van der Waals surface area contributed by atoms with Crippen molar-refractivity contribution < 1.29 is 4.74 Å². The number of hydrogen-bond donors (Lipinski definition) is 1. The highest BCUT2D eigenvalue weighted by atomic mass is 79.9. The fourth-order valence-corrected chi connectivity index (χ4v) is 3.02. The van der Waals surface area contributed by atoms with Crippen LogP contribution in [0.5, 0.6) is 0 Å². The molecule has 1 aromatic carbocycles. The highest BCUT2D eigenvalue weighted by molar-refractivity contribution is 9.10. The molecule has 0 heterocycles. The SMILES string of the molecule is CCCNC(CC1(OC)CCC1)c1ccc(Br)cc1. The van der Waals surface area contributed by atoms with Gasteiger partial charge in [0.05, 0.1) is 5.60 Å². The average Bonchev–Trinajstić information content (AvgIpc) is 2.39. The maximum absolute atomic E-state index is 5.78. The smallest absolute Gasteiger partial charge is 0.0697 e. The Morgan fingerprint density at radius 2 is 2.00 bits per heavy atom. The van der Waals surface area contributed by atoms with Crippen LogP contribution in [-0.4, -0.2) is 19.3 Å². The topological polar surface area (TPSA) is 21.3 Å². The third-order valence-corrected chi connectivity index (χ3v) is 4.72. The van der Waals surface area contributed by atoms with Crippen LogP contribution in [0.1, 0.15) is 50.6 Å². The van der Waals surface area contributed by atoms with Gasteiger partial charge in [0.25, 0.3) is 0 Å². The largest absolute Gasteiger partial charge is 0.378 e. The summed E-state index contributed by atoms with van der Waals surface area (Å²) in [7, 11) is 1.86. The van der Waals surface area contributed by atoms with Crippen LogP contribution in [0.15, 0.2) is 28.7 Å². The third kappa shape index (κ3) is 3.80. The van der Waals surface area contributed by atoms with Gasteiger partial charge in [-0.05, 0) is 56.3 Å². The molecule has 0 aliphatic heterocycles. The lowest BCUT2D eigenvalue weighted by Gasteiger charge is -2.43. The van der Waals surface area contributed by atoms with Gasteiger partial charge in [-0.1, -0.05) is 35.0 Å². The first-order valence-electron chi connectivity index (χ1n) is 7.23. The maximum atomic E-state index is 5.78. The van der Waals surface area contributed by atoms with Crippen LogP contribution in [0.4, 0.5) is 0 Å². The van der Waals surface area contributed by atoms with Gasteiger partial charge in [-0.25, -0.2) is 0 Å². The summed E-state index contributed by atoms with van der Waals surface area (Å²) in [4.78, 5) is 0. The van der Waals surface area contributed by atoms with Crippen LogP contribution in [0.2, 0.25) is 0 Å². The molecule has 1 aliphatic rings. The summed E-state index contributed by atoms with van der Waals surface area (Å²) in [5.74, 6) is 0. The first kappa shape index (κ1) is 15.0. The Bertz CT molecular complexity index is 381. The van der Waals surface area contributed by atoms with Gasteiger partial charge in [0.15, 0.2) is 0 Å². The Kier molecular flexibility index (Phi) is 5.43. The van der Waals surface area contributed by atoms with E-state index < -0.39 is 0 Å². The molecule has 2 rings (SSSR count). The standard InChI is InChI=1S/C16H24BrNO/c1-3-11-18-15(12-16(19-2)9-4-10-16)13-5-7-14(17)8-6-13/h5-8,15,18H,3-4,9-12H2,1-2H3. The van der Waals surface area contributed by atoms with E-state index in [9.17, 15) is 0 Å². The van der Waals surface area contributed by atoms with Gasteiger partial charge in [-0.3, -0.25) is 0 Å². The van der Waals surface area contributed by atoms with Crippen LogP contribution < -0.4 is 5.32 Å². The molecule has 0 radical (unpaired) electrons. The minimum Gasteiger partial charge on any atom is -0.378 e. The Morgan fingerprint density at radius 3 is 2.47 bits per heavy atom. The van der Waals surface area contributed by atoms with E-state index in [-0.39, 0.29) is 5.60 Å². The highest BCUT2D eigenvalue weighted by Gasteiger charge is 2.39. The normalized spacial score (nSPS) is 18.9. The Hall–Kier alpha value is -0.380. The lowest BCUT2D eigenvalue weighted by atomic mass is 9.74. The van der Waals surface area contributed by atoms with Crippen LogP contribution in [0, 0.1) is 0 Å². The van der Waals surface area contributed by atoms with E-state index in [1.165, 1.54) is 24.8 Å². The van der Waals surface area contributed by atoms with Crippen LogP contribution in [0.25, 0.3) is 0 Å². The number of halogens is 1. The molecule has 3 heteroatoms. The van der Waals surface area contributed by atoms with Crippen LogP contribution >= 0.6 is 15.9 Å². The first-order chi connectivity index (χ1) is 9.19. The summed E-state index contributed by atoms with van der Waals surface area (Å²) in [6.45, 7) is 3.27. The molecule has 0 saturated heterocycles. The van der Waals surface area contributed by atoms with Gasteiger partial charge in [0, 0.05) is 17.6 Å². The molecule has 106 valence electrons. The van der Waals surface area contributed by atoms with Gasteiger partial charge in [-0.2, -0.15) is 0 Å². The van der Waals surface area contributed by atoms with Crippen molar-refractivity contribution in [1.82, 2.24) is 5.32 Å². The third-order valence-electron chi connectivity index (χ3n) is 4.19. The minimum absolute atomic E-state index is 0.110. The van der Waals surface area contributed by atoms with Gasteiger partial charge >= 0.3 is 0 Å². The van der Waals surface area contributed by atoms with Gasteiger partial charge in [0.1, 0.15) is 0 Å². The zero-order valence-electron chi connectivity index (χ0n) is 11.9. The zero-order valence-corrected chi connectivity index (χ0v) is 13.5. The Balaban J connectivity index is 2.08. The molecule has 1 aliphatic carbocycles. The van der Waals surface area contributed by atoms with Crippen molar-refractivity contribution in [1.29, 1.82) is 0 Å². The molecule has 1 saturated carbocycles. The first-order valence-corrected chi connectivity index (χ1v) is 8.02. The van der Waals surface area contributed by atoms with E-state index in [1.807, 2.05) is 7.11 Å². The Labute approximate surface area is 125 Å². The number of hydrogen-bond acceptors (Lipinski definition) is 2. The second-order valence-corrected chi connectivity index (χ2v) is 6.42. The number of methoxy groups -OCH3 is 1. The molecule has 1 N–H and O–H groups in total. The van der Waals surface area contributed by atoms with Crippen molar-refractivity contribution in [2.75, 3.05) is 13.7 Å². The molecule has 1 unspecified atom stereocenters. The molecule has 19 heavy (non-hydrogen) atoms. The fraction of sp³-hybridized carbons (Fsp3) is 0.625. The lowest BCUT2D eigenvalue weighted by molar-refractivity contribution is -0.0838. The molecule has 2 nitrogen and oxygen atoms in total. The summed E-state index contributed by atoms with van der Waals surface area (Å²) in [5, 5.41) is 3.67. The van der Waals surface area contributed by atoms with E-state index in [0.717, 1.165) is 23.9 Å². The predicted molar refractivity (Wildman–Crippen MR) is 83.4 cm³/mol. The van der Waals surface area contributed by atoms with E-state index >= 15 is 0 Å². The molecule has 0 aromatic heterocycles. The molecule has 1 fully saturated rings. The van der Waals surface area contributed by atoms with E-state index in [1.54, 1.807) is 0 Å². The zero-order chi connectivity index (χ0) is 13.7. The summed E-state index contributed by atoms with van der Waals surface area (Å²) >= 11 is 3.50. The summed E-state index contributed by atoms with van der Waals surface area (Å²) in [6.07, 6.45) is 5.93. The summed E-state index contributed by atoms with van der Waals surface area (Å²) in [6, 6.07) is 9.05. The summed E-state index contributed by atoms with van der Waals surface area (Å²) < 4.78 is 6.91. The molecule has 0 amide bonds. The Morgan fingerprint density at radius 1 is 1.32 bits per heavy atom. The highest BCUT2D eigenvalue weighted by Crippen LogP contribution is 2.41. The molecule has 0 spiro atoms. The van der Waals surface area contributed by atoms with Gasteiger partial charge in [0.2, 0.25) is 0 Å². The van der Waals surface area contributed by atoms with Crippen molar-refractivity contribution in [2.24, 2.45) is 0 Å². The quantitative estimate of drug-likeness (QED) is 0.799. The lowest BCUT2D eigenvalue weighted by Crippen LogP contribution is -2.43. The number of benzene rings is 1. The second-order valence-electron chi connectivity index (χ2n) is 5.50. The number of rotatable bonds is 7. The maximum Gasteiger partial charge on any atom is 0.0697 e. The molecular formula is C16H24BrNO. The van der Waals surface area contributed by atoms with Crippen molar-refractivity contribution in [2.45, 2.75) is 50.7 Å². The second kappa shape index (κ2) is 6.87. The number of nitrogens with one attached hydrogen (secondary N) is 1.